The topological polar surface area (TPSA) is 108 Å². The van der Waals surface area contributed by atoms with Gasteiger partial charge in [-0.2, -0.15) is 0 Å². The number of nitrogens with two attached hydrogens (primary N) is 1. The Hall–Kier alpha value is -1.84. The predicted octanol–water partition coefficient (Wildman–Crippen LogP) is 2.88. The van der Waals surface area contributed by atoms with E-state index >= 15 is 0 Å². The first-order valence-corrected chi connectivity index (χ1v) is 10.1. The fourth-order valence-electron chi connectivity index (χ4n) is 3.78. The highest BCUT2D eigenvalue weighted by molar-refractivity contribution is 8.13. The van der Waals surface area contributed by atoms with Gasteiger partial charge in [0.1, 0.15) is 11.4 Å². The van der Waals surface area contributed by atoms with Gasteiger partial charge in [-0.15, -0.1) is 0 Å². The van der Waals surface area contributed by atoms with Crippen LogP contribution in [-0.2, 0) is 10.3 Å². The van der Waals surface area contributed by atoms with E-state index in [1.54, 1.807) is 26.8 Å². The van der Waals surface area contributed by atoms with Crippen LogP contribution in [0.1, 0.15) is 32.8 Å². The summed E-state index contributed by atoms with van der Waals surface area (Å²) in [5.41, 5.74) is 4.80. The van der Waals surface area contributed by atoms with Crippen molar-refractivity contribution in [2.24, 2.45) is 10.9 Å². The summed E-state index contributed by atoms with van der Waals surface area (Å²) in [6.07, 6.45) is -0.972. The normalized spacial score (nSPS) is 27.7. The minimum atomic E-state index is -1.12. The maximum atomic E-state index is 14.9. The number of halogens is 1. The molecule has 1 amide bonds. The number of hydrogen-bond donors (Lipinski definition) is 3. The van der Waals surface area contributed by atoms with Gasteiger partial charge < -0.3 is 20.7 Å². The van der Waals surface area contributed by atoms with Crippen molar-refractivity contribution in [3.63, 3.8) is 0 Å². The molecule has 0 aliphatic carbocycles. The number of thioether (sulfide) groups is 1. The molecule has 0 aromatic heterocycles. The minimum absolute atomic E-state index is 0.0466. The van der Waals surface area contributed by atoms with Crippen LogP contribution in [-0.4, -0.2) is 57.0 Å². The van der Waals surface area contributed by atoms with E-state index in [0.29, 0.717) is 28.6 Å². The Bertz CT molecular complexity index is 798. The lowest BCUT2D eigenvalue weighted by molar-refractivity contribution is -0.0774. The Morgan fingerprint density at radius 2 is 2.21 bits per heavy atom. The van der Waals surface area contributed by atoms with Gasteiger partial charge in [-0.25, -0.2) is 14.2 Å². The average Bonchev–Trinajstić information content (AvgIpc) is 2.61. The fourth-order valence-corrected chi connectivity index (χ4v) is 5.25. The second-order valence-corrected chi connectivity index (χ2v) is 9.19. The molecule has 2 aliphatic heterocycles. The van der Waals surface area contributed by atoms with E-state index in [0.717, 1.165) is 0 Å². The number of fused-ring (bicyclic) bond motifs is 1. The first kappa shape index (κ1) is 20.9. The number of aliphatic hydroxyl groups is 1. The smallest absolute Gasteiger partial charge is 0.413 e. The van der Waals surface area contributed by atoms with E-state index in [-0.39, 0.29) is 25.2 Å². The Labute approximate surface area is 167 Å². The molecule has 2 aliphatic rings. The number of nitrogen functional groups attached to an aromatic ring is 1. The molecule has 9 heteroatoms. The molecule has 3 rings (SSSR count). The van der Waals surface area contributed by atoms with Crippen LogP contribution in [0.15, 0.2) is 23.2 Å². The summed E-state index contributed by atoms with van der Waals surface area (Å²) in [4.78, 5) is 17.9. The molecule has 4 N–H and O–H groups in total. The van der Waals surface area contributed by atoms with Gasteiger partial charge in [-0.1, -0.05) is 11.8 Å². The third kappa shape index (κ3) is 3.70. The Morgan fingerprint density at radius 3 is 2.82 bits per heavy atom. The number of carboxylic acid groups (broad SMARTS) is 1. The van der Waals surface area contributed by atoms with Crippen molar-refractivity contribution in [3.8, 4) is 0 Å². The number of aliphatic hydroxyl groups excluding tert-OH is 1. The number of rotatable bonds is 2. The van der Waals surface area contributed by atoms with Crippen LogP contribution in [0.2, 0.25) is 0 Å². The van der Waals surface area contributed by atoms with Gasteiger partial charge in [0, 0.05) is 28.5 Å². The van der Waals surface area contributed by atoms with Gasteiger partial charge >= 0.3 is 6.09 Å². The van der Waals surface area contributed by atoms with Crippen molar-refractivity contribution in [1.29, 1.82) is 0 Å². The molecule has 0 spiro atoms. The largest absolute Gasteiger partial charge is 0.465 e. The summed E-state index contributed by atoms with van der Waals surface area (Å²) in [6.45, 7) is 5.26. The Morgan fingerprint density at radius 1 is 1.50 bits per heavy atom. The highest BCUT2D eigenvalue weighted by Gasteiger charge is 2.51. The lowest BCUT2D eigenvalue weighted by Gasteiger charge is -2.48. The van der Waals surface area contributed by atoms with Gasteiger partial charge in [0.05, 0.1) is 19.3 Å². The molecular formula is C19H26FN3O4S. The zero-order chi connectivity index (χ0) is 20.7. The molecule has 0 bridgehead atoms. The third-order valence-electron chi connectivity index (χ3n) is 5.18. The van der Waals surface area contributed by atoms with Crippen molar-refractivity contribution < 1.29 is 24.1 Å². The molecule has 28 heavy (non-hydrogen) atoms. The zero-order valence-electron chi connectivity index (χ0n) is 16.2. The summed E-state index contributed by atoms with van der Waals surface area (Å²) in [5.74, 6) is -0.0516. The molecule has 1 fully saturated rings. The number of hydrogen-bond acceptors (Lipinski definition) is 6. The summed E-state index contributed by atoms with van der Waals surface area (Å²) >= 11 is 1.33. The van der Waals surface area contributed by atoms with Crippen molar-refractivity contribution >= 4 is 28.7 Å². The molecule has 1 aromatic rings. The highest BCUT2D eigenvalue weighted by Crippen LogP contribution is 2.48. The van der Waals surface area contributed by atoms with Crippen molar-refractivity contribution in [3.05, 3.63) is 29.6 Å². The van der Waals surface area contributed by atoms with Crippen LogP contribution in [0.4, 0.5) is 14.9 Å². The van der Waals surface area contributed by atoms with Crippen LogP contribution >= 0.6 is 11.8 Å². The fraction of sp³-hybridized carbons (Fsp3) is 0.579. The number of nitrogens with zero attached hydrogens (tertiary/aromatic N) is 2. The van der Waals surface area contributed by atoms with Gasteiger partial charge in [-0.3, -0.25) is 4.90 Å². The first-order chi connectivity index (χ1) is 13.1. The molecule has 0 unspecified atom stereocenters. The molecule has 1 saturated heterocycles. The number of carbonyl (C=O) groups is 1. The van der Waals surface area contributed by atoms with Crippen molar-refractivity contribution in [1.82, 2.24) is 4.90 Å². The summed E-state index contributed by atoms with van der Waals surface area (Å²) < 4.78 is 20.6. The van der Waals surface area contributed by atoms with Crippen LogP contribution < -0.4 is 5.73 Å². The standard InChI is InChI=1S/C19H26FN3O4S/c1-18(2,3)23(17(25)26)16-22-19(14-7-12(21)4-5-15(14)20)10-27-13(8-24)6-11(19)9-28-16/h4-5,7,11,13,24H,6,8-10,21H2,1-3H3,(H,25,26)/t11-,13+,19-/m0/s1. The van der Waals surface area contributed by atoms with Gasteiger partial charge in [-0.05, 0) is 45.4 Å². The Balaban J connectivity index is 2.16. The zero-order valence-corrected chi connectivity index (χ0v) is 17.0. The maximum absolute atomic E-state index is 14.9. The lowest BCUT2D eigenvalue weighted by Crippen LogP contribution is -2.55. The third-order valence-corrected chi connectivity index (χ3v) is 6.29. The quantitative estimate of drug-likeness (QED) is 0.646. The number of benzene rings is 1. The summed E-state index contributed by atoms with van der Waals surface area (Å²) in [5, 5.41) is 19.6. The number of aliphatic imine (C=N–C) groups is 1. The molecule has 0 saturated carbocycles. The second kappa shape index (κ2) is 7.53. The van der Waals surface area contributed by atoms with Gasteiger partial charge in [0.2, 0.25) is 0 Å². The SMILES string of the molecule is CC(C)(C)N(C(=O)O)C1=N[C@@]2(c3cc(N)ccc3F)CO[C@@H](CO)C[C@H]2CS1. The van der Waals surface area contributed by atoms with E-state index in [9.17, 15) is 19.4 Å². The highest BCUT2D eigenvalue weighted by atomic mass is 32.2. The summed E-state index contributed by atoms with van der Waals surface area (Å²) in [6, 6.07) is 4.32. The van der Waals surface area contributed by atoms with E-state index < -0.39 is 23.0 Å². The number of anilines is 1. The number of amides is 1. The predicted molar refractivity (Wildman–Crippen MR) is 107 cm³/mol. The second-order valence-electron chi connectivity index (χ2n) is 8.21. The lowest BCUT2D eigenvalue weighted by atomic mass is 9.75. The maximum Gasteiger partial charge on any atom is 0.413 e. The molecule has 3 atom stereocenters. The molecule has 1 aromatic carbocycles. The first-order valence-electron chi connectivity index (χ1n) is 9.12. The minimum Gasteiger partial charge on any atom is -0.465 e. The average molecular weight is 411 g/mol. The molecular weight excluding hydrogens is 385 g/mol. The van der Waals surface area contributed by atoms with Crippen molar-refractivity contribution in [2.45, 2.75) is 44.4 Å². The number of amidine groups is 1. The molecule has 2 heterocycles. The monoisotopic (exact) mass is 411 g/mol. The number of ether oxygens (including phenoxy) is 1. The van der Waals surface area contributed by atoms with E-state index in [2.05, 4.69) is 0 Å². The van der Waals surface area contributed by atoms with Crippen molar-refractivity contribution in [2.75, 3.05) is 24.7 Å². The molecule has 154 valence electrons. The van der Waals surface area contributed by atoms with Gasteiger partial charge in [0.25, 0.3) is 0 Å². The van der Waals surface area contributed by atoms with Crippen LogP contribution in [0.5, 0.6) is 0 Å². The van der Waals surface area contributed by atoms with Crippen LogP contribution in [0, 0.1) is 11.7 Å². The van der Waals surface area contributed by atoms with Crippen LogP contribution in [0.25, 0.3) is 0 Å². The van der Waals surface area contributed by atoms with Gasteiger partial charge in [0.15, 0.2) is 5.17 Å². The van der Waals surface area contributed by atoms with E-state index in [1.165, 1.54) is 28.8 Å². The van der Waals surface area contributed by atoms with E-state index in [1.807, 2.05) is 0 Å². The molecule has 7 nitrogen and oxygen atoms in total. The summed E-state index contributed by atoms with van der Waals surface area (Å²) in [7, 11) is 0. The Kier molecular flexibility index (Phi) is 5.62. The van der Waals surface area contributed by atoms with Crippen LogP contribution in [0.3, 0.4) is 0 Å². The van der Waals surface area contributed by atoms with E-state index in [4.69, 9.17) is 15.5 Å². The molecule has 0 radical (unpaired) electrons.